The number of carbonyl (C=O) groups is 1. The lowest BCUT2D eigenvalue weighted by atomic mass is 9.89. The zero-order valence-electron chi connectivity index (χ0n) is 43.8. The van der Waals surface area contributed by atoms with Crippen molar-refractivity contribution < 1.29 is 4.79 Å². The Balaban J connectivity index is 1.65. The number of carbonyl (C=O) groups excluding carboxylic acids is 1. The van der Waals surface area contributed by atoms with E-state index < -0.39 is 7.92 Å². The molecule has 0 fully saturated rings. The Morgan fingerprint density at radius 2 is 0.606 bits per heavy atom. The first-order chi connectivity index (χ1) is 31.1. The van der Waals surface area contributed by atoms with E-state index in [2.05, 4.69) is 227 Å². The Kier molecular flexibility index (Phi) is 16.1. The zero-order valence-corrected chi connectivity index (χ0v) is 44.7. The number of nitrogens with zero attached hydrogens (tertiary/aromatic N) is 1. The van der Waals surface area contributed by atoms with Crippen molar-refractivity contribution in [1.29, 1.82) is 0 Å². The number of ketones is 1. The van der Waals surface area contributed by atoms with Gasteiger partial charge < -0.3 is 4.90 Å². The molecule has 348 valence electrons. The molecule has 6 aromatic rings. The number of aryl methyl sites for hydroxylation is 2. The molecular weight excluding hydrogens is 818 g/mol. The van der Waals surface area contributed by atoms with Gasteiger partial charge in [-0.25, -0.2) is 0 Å². The summed E-state index contributed by atoms with van der Waals surface area (Å²) in [5, 5.41) is 4.52. The maximum absolute atomic E-state index is 15.1. The fourth-order valence-corrected chi connectivity index (χ4v) is 13.6. The molecular formula is C63H80NOP. The van der Waals surface area contributed by atoms with Gasteiger partial charge in [0.2, 0.25) is 0 Å². The van der Waals surface area contributed by atoms with E-state index >= 15 is 4.79 Å². The molecule has 0 heterocycles. The average Bonchev–Trinajstić information content (AvgIpc) is 3.27. The van der Waals surface area contributed by atoms with Gasteiger partial charge in [-0.3, -0.25) is 4.79 Å². The van der Waals surface area contributed by atoms with Crippen molar-refractivity contribution in [3.05, 3.63) is 176 Å². The van der Waals surface area contributed by atoms with Crippen LogP contribution in [0.1, 0.15) is 230 Å². The molecule has 0 radical (unpaired) electrons. The van der Waals surface area contributed by atoms with Gasteiger partial charge in [0.1, 0.15) is 0 Å². The van der Waals surface area contributed by atoms with Gasteiger partial charge in [0.25, 0.3) is 0 Å². The van der Waals surface area contributed by atoms with Crippen molar-refractivity contribution in [2.24, 2.45) is 0 Å². The smallest absolute Gasteiger partial charge is 0.193 e. The quantitative estimate of drug-likeness (QED) is 0.0713. The second kappa shape index (κ2) is 21.0. The summed E-state index contributed by atoms with van der Waals surface area (Å²) in [5.41, 5.74) is 18.4. The first-order valence-electron chi connectivity index (χ1n) is 25.0. The molecule has 0 aromatic heterocycles. The Hall–Kier alpha value is -4.78. The fourth-order valence-electron chi connectivity index (χ4n) is 9.40. The molecule has 0 N–H and O–H groups in total. The minimum Gasteiger partial charge on any atom is -0.311 e. The first kappa shape index (κ1) is 50.6. The third kappa shape index (κ3) is 10.7. The summed E-state index contributed by atoms with van der Waals surface area (Å²) in [4.78, 5) is 17.4. The van der Waals surface area contributed by atoms with E-state index in [0.29, 0.717) is 41.1 Å². The highest BCUT2D eigenvalue weighted by atomic mass is 31.1. The van der Waals surface area contributed by atoms with Gasteiger partial charge in [-0.1, -0.05) is 170 Å². The van der Waals surface area contributed by atoms with Crippen LogP contribution in [0.4, 0.5) is 17.1 Å². The van der Waals surface area contributed by atoms with Gasteiger partial charge in [-0.2, -0.15) is 0 Å². The minimum absolute atomic E-state index is 0.0671. The molecule has 0 aliphatic heterocycles. The number of rotatable bonds is 16. The fraction of sp³-hybridized carbons (Fsp3) is 0.413. The Morgan fingerprint density at radius 1 is 0.348 bits per heavy atom. The monoisotopic (exact) mass is 898 g/mol. The number of anilines is 3. The van der Waals surface area contributed by atoms with E-state index in [0.717, 1.165) is 22.6 Å². The van der Waals surface area contributed by atoms with Crippen LogP contribution in [0, 0.1) is 13.8 Å². The lowest BCUT2D eigenvalue weighted by Crippen LogP contribution is -2.35. The van der Waals surface area contributed by atoms with Gasteiger partial charge in [0.05, 0.1) is 0 Å². The molecule has 0 unspecified atom stereocenters. The number of benzene rings is 6. The van der Waals surface area contributed by atoms with E-state index in [4.69, 9.17) is 0 Å². The largest absolute Gasteiger partial charge is 0.311 e. The highest BCUT2D eigenvalue weighted by molar-refractivity contribution is 7.80. The van der Waals surface area contributed by atoms with Gasteiger partial charge in [-0.15, -0.1) is 0 Å². The SMILES string of the molecule is Cc1ccc(N(c2ccc(C)cc2)c2ccc(C(=O)c3cc(C(C)C)c(P(c4c(C(C)C)cc(C(C)C)cc4C(C)C)c4c(C(C)C)cc(C(C)C)cc4C(C)C)c(C(C)C)c3)cc2)cc1. The molecule has 0 bridgehead atoms. The third-order valence-electron chi connectivity index (χ3n) is 13.5. The van der Waals surface area contributed by atoms with E-state index in [1.165, 1.54) is 71.5 Å². The molecule has 3 heteroatoms. The molecule has 0 aliphatic rings. The van der Waals surface area contributed by atoms with E-state index in [9.17, 15) is 0 Å². The maximum Gasteiger partial charge on any atom is 0.193 e. The predicted molar refractivity (Wildman–Crippen MR) is 292 cm³/mol. The van der Waals surface area contributed by atoms with E-state index in [1.807, 2.05) is 12.1 Å². The summed E-state index contributed by atoms with van der Waals surface area (Å²) in [7, 11) is -1.09. The molecule has 6 aromatic carbocycles. The highest BCUT2D eigenvalue weighted by Gasteiger charge is 2.36. The van der Waals surface area contributed by atoms with Gasteiger partial charge >= 0.3 is 0 Å². The van der Waals surface area contributed by atoms with Crippen molar-refractivity contribution in [3.63, 3.8) is 0 Å². The Morgan fingerprint density at radius 3 is 0.864 bits per heavy atom. The minimum atomic E-state index is -1.09. The number of hydrogen-bond acceptors (Lipinski definition) is 2. The van der Waals surface area contributed by atoms with Crippen molar-refractivity contribution in [3.8, 4) is 0 Å². The van der Waals surface area contributed by atoms with Crippen LogP contribution in [0.5, 0.6) is 0 Å². The standard InChI is InChI=1S/C63H80NOP/c1-37(2)48-31-54(39(5)6)61(55(32-48)40(7)8)66(62-56(41(9)10)33-49(38(3)4)34-57(62)42(11)12)63-58(43(13)14)35-50(36-59(63)44(15)16)60(65)47-23-29-53(30-24-47)64(51-25-19-45(17)20-26-51)52-27-21-46(18)22-28-52/h19-44H,1-18H3. The molecule has 0 atom stereocenters. The second-order valence-corrected chi connectivity index (χ2v) is 23.6. The molecule has 0 saturated heterocycles. The molecule has 6 rings (SSSR count). The van der Waals surface area contributed by atoms with E-state index in [-0.39, 0.29) is 17.6 Å². The summed E-state index contributed by atoms with van der Waals surface area (Å²) >= 11 is 0. The van der Waals surface area contributed by atoms with Crippen LogP contribution >= 0.6 is 7.92 Å². The van der Waals surface area contributed by atoms with Crippen molar-refractivity contribution >= 4 is 46.7 Å². The summed E-state index contributed by atoms with van der Waals surface area (Å²) in [5.74, 6) is 2.64. The molecule has 66 heavy (non-hydrogen) atoms. The van der Waals surface area contributed by atoms with Crippen LogP contribution in [-0.2, 0) is 0 Å². The molecule has 0 aliphatic carbocycles. The number of hydrogen-bond donors (Lipinski definition) is 0. The normalized spacial score (nSPS) is 12.2. The topological polar surface area (TPSA) is 20.3 Å². The summed E-state index contributed by atoms with van der Waals surface area (Å²) in [6.07, 6.45) is 0. The molecule has 0 amide bonds. The summed E-state index contributed by atoms with van der Waals surface area (Å²) in [6.45, 7) is 42.1. The third-order valence-corrected chi connectivity index (χ3v) is 16.4. The summed E-state index contributed by atoms with van der Waals surface area (Å²) in [6, 6.07) is 40.4. The zero-order chi connectivity index (χ0) is 48.5. The lowest BCUT2D eigenvalue weighted by molar-refractivity contribution is 0.103. The van der Waals surface area contributed by atoms with Gasteiger partial charge in [-0.05, 0) is 190 Å². The van der Waals surface area contributed by atoms with E-state index in [1.54, 1.807) is 0 Å². The highest BCUT2D eigenvalue weighted by Crippen LogP contribution is 2.48. The van der Waals surface area contributed by atoms with Crippen LogP contribution in [0.2, 0.25) is 0 Å². The van der Waals surface area contributed by atoms with Crippen LogP contribution in [-0.4, -0.2) is 5.78 Å². The molecule has 2 nitrogen and oxygen atoms in total. The van der Waals surface area contributed by atoms with Crippen molar-refractivity contribution in [2.75, 3.05) is 4.90 Å². The Labute approximate surface area is 402 Å². The molecule has 0 spiro atoms. The van der Waals surface area contributed by atoms with Crippen molar-refractivity contribution in [2.45, 2.75) is 172 Å². The Bertz CT molecular complexity index is 2410. The second-order valence-electron chi connectivity index (χ2n) is 21.6. The average molecular weight is 898 g/mol. The van der Waals surface area contributed by atoms with Crippen molar-refractivity contribution in [1.82, 2.24) is 0 Å². The molecule has 0 saturated carbocycles. The van der Waals surface area contributed by atoms with Crippen LogP contribution < -0.4 is 20.8 Å². The predicted octanol–water partition coefficient (Wildman–Crippen LogP) is 17.7. The van der Waals surface area contributed by atoms with Gasteiger partial charge in [0, 0.05) is 28.2 Å². The summed E-state index contributed by atoms with van der Waals surface area (Å²) < 4.78 is 0. The lowest BCUT2D eigenvalue weighted by Gasteiger charge is -2.37. The maximum atomic E-state index is 15.1. The van der Waals surface area contributed by atoms with Gasteiger partial charge in [0.15, 0.2) is 5.78 Å². The van der Waals surface area contributed by atoms with Crippen LogP contribution in [0.25, 0.3) is 0 Å². The van der Waals surface area contributed by atoms with Crippen LogP contribution in [0.15, 0.2) is 109 Å². The van der Waals surface area contributed by atoms with Crippen LogP contribution in [0.3, 0.4) is 0 Å². The first-order valence-corrected chi connectivity index (χ1v) is 26.4.